The predicted molar refractivity (Wildman–Crippen MR) is 75.0 cm³/mol. The zero-order chi connectivity index (χ0) is 13.5. The molecule has 0 spiro atoms. The third-order valence-electron chi connectivity index (χ3n) is 4.30. The number of aliphatic hydroxyl groups is 1. The van der Waals surface area contributed by atoms with Gasteiger partial charge >= 0.3 is 0 Å². The number of hydrogen-bond donors (Lipinski definition) is 1. The van der Waals surface area contributed by atoms with Crippen LogP contribution in [0.4, 0.5) is 0 Å². The Kier molecular flexibility index (Phi) is 2.94. The van der Waals surface area contributed by atoms with Crippen LogP contribution in [-0.2, 0) is 12.1 Å². The molecule has 2 unspecified atom stereocenters. The third kappa shape index (κ3) is 1.80. The summed E-state index contributed by atoms with van der Waals surface area (Å²) >= 11 is 0. The van der Waals surface area contributed by atoms with Crippen LogP contribution in [0.5, 0.6) is 0 Å². The van der Waals surface area contributed by atoms with E-state index in [1.54, 1.807) is 6.20 Å². The van der Waals surface area contributed by atoms with Crippen molar-refractivity contribution < 1.29 is 5.11 Å². The van der Waals surface area contributed by atoms with Gasteiger partial charge in [0.15, 0.2) is 0 Å². The summed E-state index contributed by atoms with van der Waals surface area (Å²) in [6, 6.07) is 8.22. The topological polar surface area (TPSA) is 38.0 Å². The minimum atomic E-state index is -0.942. The fourth-order valence-corrected chi connectivity index (χ4v) is 3.18. The first-order valence-corrected chi connectivity index (χ1v) is 7.00. The van der Waals surface area contributed by atoms with Crippen LogP contribution >= 0.6 is 0 Å². The summed E-state index contributed by atoms with van der Waals surface area (Å²) < 4.78 is 2.03. The largest absolute Gasteiger partial charge is 0.377 e. The van der Waals surface area contributed by atoms with Gasteiger partial charge in [0.25, 0.3) is 0 Å². The maximum absolute atomic E-state index is 11.2. The molecular formula is C16H20N2O. The monoisotopic (exact) mass is 256 g/mol. The van der Waals surface area contributed by atoms with E-state index in [0.717, 1.165) is 30.8 Å². The molecule has 0 amide bonds. The molecule has 0 saturated heterocycles. The lowest BCUT2D eigenvalue weighted by Crippen LogP contribution is -2.35. The molecule has 1 aliphatic carbocycles. The van der Waals surface area contributed by atoms with E-state index in [1.165, 1.54) is 5.56 Å². The van der Waals surface area contributed by atoms with Gasteiger partial charge in [0.2, 0.25) is 0 Å². The van der Waals surface area contributed by atoms with E-state index in [0.29, 0.717) is 5.92 Å². The second-order valence-electron chi connectivity index (χ2n) is 5.42. The molecular weight excluding hydrogens is 236 g/mol. The Morgan fingerprint density at radius 2 is 2.21 bits per heavy atom. The quantitative estimate of drug-likeness (QED) is 0.897. The first kappa shape index (κ1) is 12.4. The van der Waals surface area contributed by atoms with Crippen molar-refractivity contribution in [1.82, 2.24) is 9.55 Å². The molecule has 0 bridgehead atoms. The van der Waals surface area contributed by atoms with Crippen LogP contribution in [0.1, 0.15) is 49.6 Å². The highest BCUT2D eigenvalue weighted by atomic mass is 16.3. The van der Waals surface area contributed by atoms with E-state index < -0.39 is 5.60 Å². The summed E-state index contributed by atoms with van der Waals surface area (Å²) in [5.41, 5.74) is 1.33. The van der Waals surface area contributed by atoms with Crippen molar-refractivity contribution in [2.75, 3.05) is 0 Å². The first-order valence-electron chi connectivity index (χ1n) is 7.00. The van der Waals surface area contributed by atoms with Crippen LogP contribution in [0, 0.1) is 0 Å². The molecule has 1 aromatic carbocycles. The molecule has 2 atom stereocenters. The Bertz CT molecular complexity index is 590. The number of imidazole rings is 1. The summed E-state index contributed by atoms with van der Waals surface area (Å²) in [5.74, 6) is 1.27. The van der Waals surface area contributed by atoms with Crippen LogP contribution in [0.15, 0.2) is 36.7 Å². The van der Waals surface area contributed by atoms with Gasteiger partial charge < -0.3 is 9.67 Å². The van der Waals surface area contributed by atoms with Crippen molar-refractivity contribution in [2.45, 2.75) is 44.8 Å². The van der Waals surface area contributed by atoms with E-state index in [2.05, 4.69) is 24.9 Å². The minimum Gasteiger partial charge on any atom is -0.377 e. The molecule has 1 heterocycles. The van der Waals surface area contributed by atoms with E-state index in [9.17, 15) is 5.11 Å². The van der Waals surface area contributed by atoms with Gasteiger partial charge in [-0.2, -0.15) is 0 Å². The number of hydrogen-bond acceptors (Lipinski definition) is 2. The van der Waals surface area contributed by atoms with Crippen molar-refractivity contribution >= 4 is 0 Å². The van der Waals surface area contributed by atoms with Gasteiger partial charge in [-0.1, -0.05) is 31.2 Å². The molecule has 3 heteroatoms. The van der Waals surface area contributed by atoms with Crippen molar-refractivity contribution in [3.05, 3.63) is 53.6 Å². The van der Waals surface area contributed by atoms with Crippen molar-refractivity contribution in [3.63, 3.8) is 0 Å². The fourth-order valence-electron chi connectivity index (χ4n) is 3.18. The molecule has 19 heavy (non-hydrogen) atoms. The number of rotatable bonds is 2. The van der Waals surface area contributed by atoms with E-state index >= 15 is 0 Å². The Labute approximate surface area is 113 Å². The summed E-state index contributed by atoms with van der Waals surface area (Å²) in [6.45, 7) is 5.13. The fraction of sp³-hybridized carbons (Fsp3) is 0.438. The highest BCUT2D eigenvalue weighted by Crippen LogP contribution is 2.44. The Hall–Kier alpha value is -1.61. The van der Waals surface area contributed by atoms with Crippen LogP contribution in [0.3, 0.4) is 0 Å². The van der Waals surface area contributed by atoms with E-state index in [4.69, 9.17) is 0 Å². The maximum Gasteiger partial charge on any atom is 0.147 e. The zero-order valence-corrected chi connectivity index (χ0v) is 11.5. The number of fused-ring (bicyclic) bond motifs is 1. The highest BCUT2D eigenvalue weighted by Gasteiger charge is 2.41. The first-order chi connectivity index (χ1) is 9.16. The van der Waals surface area contributed by atoms with Crippen LogP contribution in [-0.4, -0.2) is 14.7 Å². The summed E-state index contributed by atoms with van der Waals surface area (Å²) in [5, 5.41) is 11.2. The lowest BCUT2D eigenvalue weighted by molar-refractivity contribution is 0.0455. The average molecular weight is 256 g/mol. The standard InChI is InChI=1S/C16H20N2O/c1-3-18-11-10-17-15(18)16(19)9-8-12(2)13-6-4-5-7-14(13)16/h4-7,10-12,19H,3,8-9H2,1-2H3. The van der Waals surface area contributed by atoms with Crippen molar-refractivity contribution in [1.29, 1.82) is 0 Å². The Morgan fingerprint density at radius 1 is 1.42 bits per heavy atom. The maximum atomic E-state index is 11.2. The van der Waals surface area contributed by atoms with Crippen LogP contribution < -0.4 is 0 Å². The molecule has 3 rings (SSSR count). The molecule has 3 nitrogen and oxygen atoms in total. The van der Waals surface area contributed by atoms with Crippen LogP contribution in [0.25, 0.3) is 0 Å². The Balaban J connectivity index is 2.18. The molecule has 0 fully saturated rings. The predicted octanol–water partition coefficient (Wildman–Crippen LogP) is 3.04. The zero-order valence-electron chi connectivity index (χ0n) is 11.5. The van der Waals surface area contributed by atoms with Gasteiger partial charge in [-0.05, 0) is 36.8 Å². The number of aromatic nitrogens is 2. The molecule has 1 aliphatic rings. The molecule has 0 radical (unpaired) electrons. The molecule has 0 saturated carbocycles. The number of nitrogens with zero attached hydrogens (tertiary/aromatic N) is 2. The molecule has 1 N–H and O–H groups in total. The summed E-state index contributed by atoms with van der Waals surface area (Å²) in [4.78, 5) is 4.42. The highest BCUT2D eigenvalue weighted by molar-refractivity contribution is 5.41. The lowest BCUT2D eigenvalue weighted by Gasteiger charge is -2.37. The van der Waals surface area contributed by atoms with Crippen molar-refractivity contribution in [2.24, 2.45) is 0 Å². The lowest BCUT2D eigenvalue weighted by atomic mass is 9.74. The average Bonchev–Trinajstić information content (AvgIpc) is 2.92. The normalized spacial score (nSPS) is 26.2. The smallest absolute Gasteiger partial charge is 0.147 e. The molecule has 2 aromatic rings. The number of benzene rings is 1. The van der Waals surface area contributed by atoms with E-state index in [-0.39, 0.29) is 0 Å². The third-order valence-corrected chi connectivity index (χ3v) is 4.30. The van der Waals surface area contributed by atoms with Gasteiger partial charge in [-0.15, -0.1) is 0 Å². The summed E-state index contributed by atoms with van der Waals surface area (Å²) in [7, 11) is 0. The second kappa shape index (κ2) is 4.49. The van der Waals surface area contributed by atoms with Gasteiger partial charge in [0.1, 0.15) is 11.4 Å². The summed E-state index contributed by atoms with van der Waals surface area (Å²) in [6.07, 6.45) is 5.44. The number of aryl methyl sites for hydroxylation is 1. The molecule has 1 aromatic heterocycles. The van der Waals surface area contributed by atoms with E-state index in [1.807, 2.05) is 29.0 Å². The Morgan fingerprint density at radius 3 is 3.00 bits per heavy atom. The van der Waals surface area contributed by atoms with Crippen molar-refractivity contribution in [3.8, 4) is 0 Å². The molecule has 100 valence electrons. The minimum absolute atomic E-state index is 0.501. The van der Waals surface area contributed by atoms with Gasteiger partial charge in [0, 0.05) is 18.9 Å². The second-order valence-corrected chi connectivity index (χ2v) is 5.42. The van der Waals surface area contributed by atoms with Gasteiger partial charge in [0.05, 0.1) is 0 Å². The molecule has 0 aliphatic heterocycles. The van der Waals surface area contributed by atoms with Crippen LogP contribution in [0.2, 0.25) is 0 Å². The van der Waals surface area contributed by atoms with Gasteiger partial charge in [-0.3, -0.25) is 0 Å². The SMILES string of the molecule is CCn1ccnc1C1(O)CCC(C)c2ccccc21. The van der Waals surface area contributed by atoms with Gasteiger partial charge in [-0.25, -0.2) is 4.98 Å².